The van der Waals surface area contributed by atoms with E-state index in [1.165, 1.54) is 38.9 Å². The highest BCUT2D eigenvalue weighted by molar-refractivity contribution is 5.38. The van der Waals surface area contributed by atoms with Gasteiger partial charge in [0.05, 0.1) is 29.8 Å². The summed E-state index contributed by atoms with van der Waals surface area (Å²) in [6, 6.07) is 67.0. The van der Waals surface area contributed by atoms with Crippen molar-refractivity contribution < 1.29 is 52.8 Å². The van der Waals surface area contributed by atoms with Crippen molar-refractivity contribution >= 4 is 0 Å². The molecular formula is C100H146O11. The third-order valence-corrected chi connectivity index (χ3v) is 20.6. The van der Waals surface area contributed by atoms with Gasteiger partial charge in [-0.05, 0) is 240 Å². The third-order valence-electron chi connectivity index (χ3n) is 20.6. The monoisotopic (exact) mass is 1520 g/mol. The SMILES string of the molecule is CCC(C)c1ccc(O)cc1.CCC(C)c1ccc(O)cc1.CCC(C)c1ccc(OC(OC(C)(C)C)C(C)(C)c2ccccc2)cc1.CCC(C)c1ccc(OC(OC(C)C)C(C)C)cc1.CCC(C)c1ccc(OC(OC)C(C)C)cc1.CCC(C)c1ccc(OC(OC2CCOc3ccccc32)C(C)(C)C)cc1. The number of hydrogen-bond donors (Lipinski definition) is 2. The Morgan fingerprint density at radius 3 is 1.01 bits per heavy atom. The van der Waals surface area contributed by atoms with E-state index >= 15 is 0 Å². The van der Waals surface area contributed by atoms with Crippen LogP contribution in [0.4, 0.5) is 0 Å². The maximum Gasteiger partial charge on any atom is 0.209 e. The first-order valence-electron chi connectivity index (χ1n) is 41.4. The van der Waals surface area contributed by atoms with E-state index in [9.17, 15) is 0 Å². The molecule has 9 rings (SSSR count). The van der Waals surface area contributed by atoms with Gasteiger partial charge in [0, 0.05) is 36.3 Å². The van der Waals surface area contributed by atoms with Crippen molar-refractivity contribution in [1.82, 2.24) is 0 Å². The average Bonchev–Trinajstić information content (AvgIpc) is 0.805. The lowest BCUT2D eigenvalue weighted by molar-refractivity contribution is -0.180. The molecule has 11 atom stereocenters. The fraction of sp³-hybridized carbons (Fsp3) is 0.520. The molecule has 612 valence electrons. The summed E-state index contributed by atoms with van der Waals surface area (Å²) in [5.74, 6) is 9.24. The van der Waals surface area contributed by atoms with Crippen LogP contribution in [0.5, 0.6) is 40.2 Å². The topological polar surface area (TPSA) is 124 Å². The van der Waals surface area contributed by atoms with E-state index in [2.05, 4.69) is 269 Å². The largest absolute Gasteiger partial charge is 0.508 e. The van der Waals surface area contributed by atoms with Gasteiger partial charge in [0.25, 0.3) is 0 Å². The highest BCUT2D eigenvalue weighted by Gasteiger charge is 2.38. The lowest BCUT2D eigenvalue weighted by Crippen LogP contribution is -2.44. The molecule has 0 saturated carbocycles. The van der Waals surface area contributed by atoms with E-state index in [1.807, 2.05) is 86.6 Å². The number of ether oxygens (including phenoxy) is 9. The molecule has 0 aliphatic carbocycles. The summed E-state index contributed by atoms with van der Waals surface area (Å²) in [4.78, 5) is 0. The second-order valence-corrected chi connectivity index (χ2v) is 33.6. The summed E-state index contributed by atoms with van der Waals surface area (Å²) in [7, 11) is 1.68. The summed E-state index contributed by atoms with van der Waals surface area (Å²) in [6.45, 7) is 56.6. The zero-order chi connectivity index (χ0) is 82.6. The molecule has 0 bridgehead atoms. The van der Waals surface area contributed by atoms with Gasteiger partial charge in [0.2, 0.25) is 25.2 Å². The second-order valence-electron chi connectivity index (χ2n) is 33.6. The summed E-state index contributed by atoms with van der Waals surface area (Å²) in [6.07, 6.45) is 6.77. The van der Waals surface area contributed by atoms with E-state index in [0.717, 1.165) is 79.3 Å². The van der Waals surface area contributed by atoms with E-state index in [0.29, 0.717) is 65.4 Å². The maximum absolute atomic E-state index is 9.01. The van der Waals surface area contributed by atoms with Gasteiger partial charge < -0.3 is 52.8 Å². The minimum absolute atomic E-state index is 0.0152. The van der Waals surface area contributed by atoms with Gasteiger partial charge >= 0.3 is 0 Å². The highest BCUT2D eigenvalue weighted by Crippen LogP contribution is 2.40. The van der Waals surface area contributed by atoms with Crippen molar-refractivity contribution in [2.45, 2.75) is 309 Å². The molecule has 0 radical (unpaired) electrons. The minimum Gasteiger partial charge on any atom is -0.508 e. The molecule has 8 aromatic carbocycles. The Morgan fingerprint density at radius 2 is 0.694 bits per heavy atom. The van der Waals surface area contributed by atoms with E-state index in [4.69, 9.17) is 52.8 Å². The zero-order valence-electron chi connectivity index (χ0n) is 73.4. The molecule has 11 heteroatoms. The fourth-order valence-electron chi connectivity index (χ4n) is 11.7. The fourth-order valence-corrected chi connectivity index (χ4v) is 11.7. The normalized spacial score (nSPS) is 15.4. The van der Waals surface area contributed by atoms with Crippen LogP contribution in [0.25, 0.3) is 0 Å². The Labute approximate surface area is 673 Å². The molecule has 2 N–H and O–H groups in total. The number of methoxy groups -OCH3 is 1. The van der Waals surface area contributed by atoms with Crippen molar-refractivity contribution in [2.24, 2.45) is 17.3 Å². The molecule has 11 nitrogen and oxygen atoms in total. The molecule has 1 aliphatic heterocycles. The molecule has 0 spiro atoms. The smallest absolute Gasteiger partial charge is 0.209 e. The van der Waals surface area contributed by atoms with E-state index in [1.54, 1.807) is 31.4 Å². The van der Waals surface area contributed by atoms with Crippen LogP contribution >= 0.6 is 0 Å². The van der Waals surface area contributed by atoms with Crippen LogP contribution in [0, 0.1) is 17.3 Å². The molecule has 1 aliphatic rings. The first-order valence-corrected chi connectivity index (χ1v) is 41.4. The van der Waals surface area contributed by atoms with Crippen LogP contribution < -0.4 is 23.7 Å². The Balaban J connectivity index is 0.000000290. The molecule has 0 aromatic heterocycles. The number of phenolic OH excluding ortho intramolecular Hbond substituents is 2. The molecule has 111 heavy (non-hydrogen) atoms. The van der Waals surface area contributed by atoms with Crippen molar-refractivity contribution in [3.63, 3.8) is 0 Å². The van der Waals surface area contributed by atoms with Gasteiger partial charge in [-0.25, -0.2) is 0 Å². The molecule has 8 aromatic rings. The Morgan fingerprint density at radius 1 is 0.378 bits per heavy atom. The van der Waals surface area contributed by atoms with Gasteiger partial charge in [0.15, 0.2) is 0 Å². The number of rotatable bonds is 30. The summed E-state index contributed by atoms with van der Waals surface area (Å²) >= 11 is 0. The quantitative estimate of drug-likeness (QED) is 0.0418. The second kappa shape index (κ2) is 48.3. The van der Waals surface area contributed by atoms with Gasteiger partial charge in [0.1, 0.15) is 40.2 Å². The predicted molar refractivity (Wildman–Crippen MR) is 465 cm³/mol. The van der Waals surface area contributed by atoms with Gasteiger partial charge in [-0.2, -0.15) is 0 Å². The predicted octanol–water partition coefficient (Wildman–Crippen LogP) is 28.2. The highest BCUT2D eigenvalue weighted by atomic mass is 16.7. The Hall–Kier alpha value is -7.80. The first-order chi connectivity index (χ1) is 52.5. The van der Waals surface area contributed by atoms with Crippen LogP contribution in [0.1, 0.15) is 311 Å². The Bertz CT molecular complexity index is 3670. The third kappa shape index (κ3) is 33.8. The molecule has 0 amide bonds. The van der Waals surface area contributed by atoms with Crippen molar-refractivity contribution in [3.05, 3.63) is 245 Å². The standard InChI is InChI=1S/C24H32O3.C24H34O2.C17H28O2.C15H24O2.2C10H14O/c1-6-17(2)18-11-13-19(14-12-18)26-23(24(3,4)5)27-22-15-16-25-21-10-8-7-9-20(21)22;1-8-18(2)19-14-16-21(17-15-19)25-22(26-23(3,4)5)24(6,7)20-12-10-9-11-13-20;1-7-14(6)15-8-10-16(11-9-15)19-17(12(2)3)18-13(4)5;1-6-12(4)13-7-9-14(10-8-13)17-15(16-5)11(2)3;2*1-3-8(2)9-4-6-10(11)7-5-9/h7-14,17,22-23H,6,15-16H2,1-5H3;9-18,22H,8H2,1-7H3;8-14,17H,7H2,1-6H3;7-12,15H,6H2,1-5H3;2*4-8,11H,3H2,1-2H3. The molecule has 11 unspecified atom stereocenters. The Kier molecular flexibility index (Phi) is 41.6. The molecule has 0 saturated heterocycles. The molecular weight excluding hydrogens is 1380 g/mol. The number of para-hydroxylation sites is 1. The molecule has 0 fully saturated rings. The minimum atomic E-state index is -0.389. The van der Waals surface area contributed by atoms with Crippen molar-refractivity contribution in [3.8, 4) is 40.2 Å². The number of hydrogen-bond acceptors (Lipinski definition) is 11. The van der Waals surface area contributed by atoms with Gasteiger partial charge in [-0.1, -0.05) is 253 Å². The van der Waals surface area contributed by atoms with Crippen LogP contribution in [0.2, 0.25) is 0 Å². The number of phenols is 2. The van der Waals surface area contributed by atoms with Crippen LogP contribution in [0.3, 0.4) is 0 Å². The van der Waals surface area contributed by atoms with Crippen LogP contribution in [-0.2, 0) is 24.4 Å². The van der Waals surface area contributed by atoms with Crippen molar-refractivity contribution in [2.75, 3.05) is 13.7 Å². The van der Waals surface area contributed by atoms with Crippen LogP contribution in [0.15, 0.2) is 200 Å². The summed E-state index contributed by atoms with van der Waals surface area (Å²) in [5, 5.41) is 18.0. The van der Waals surface area contributed by atoms with Crippen molar-refractivity contribution in [1.29, 1.82) is 0 Å². The first kappa shape index (κ1) is 95.6. The van der Waals surface area contributed by atoms with Gasteiger partial charge in [-0.15, -0.1) is 0 Å². The lowest BCUT2D eigenvalue weighted by atomic mass is 9.83. The van der Waals surface area contributed by atoms with Crippen LogP contribution in [-0.4, -0.2) is 60.8 Å². The number of aromatic hydroxyl groups is 2. The van der Waals surface area contributed by atoms with Gasteiger partial charge in [-0.3, -0.25) is 0 Å². The summed E-state index contributed by atoms with van der Waals surface area (Å²) < 4.78 is 54.0. The summed E-state index contributed by atoms with van der Waals surface area (Å²) in [5.41, 5.74) is 9.57. The van der Waals surface area contributed by atoms with E-state index in [-0.39, 0.29) is 53.8 Å². The maximum atomic E-state index is 9.01. The molecule has 1 heterocycles. The number of benzene rings is 8. The lowest BCUT2D eigenvalue weighted by Gasteiger charge is -2.38. The average molecular weight is 1520 g/mol. The van der Waals surface area contributed by atoms with E-state index < -0.39 is 0 Å². The zero-order valence-corrected chi connectivity index (χ0v) is 73.4. The number of fused-ring (bicyclic) bond motifs is 1.